The first-order valence-corrected chi connectivity index (χ1v) is 5.16. The monoisotopic (exact) mass is 240 g/mol. The molecule has 0 saturated heterocycles. The van der Waals surface area contributed by atoms with Gasteiger partial charge in [-0.05, 0) is 25.1 Å². The molecule has 0 spiro atoms. The van der Waals surface area contributed by atoms with Crippen molar-refractivity contribution in [2.24, 2.45) is 5.73 Å². The average Bonchev–Trinajstić information content (AvgIpc) is 2.18. The van der Waals surface area contributed by atoms with Crippen LogP contribution in [-0.2, 0) is 4.79 Å². The molecule has 1 aromatic carbocycles. The molecular weight excluding hydrogens is 228 g/mol. The van der Waals surface area contributed by atoms with Gasteiger partial charge in [-0.25, -0.2) is 0 Å². The van der Waals surface area contributed by atoms with Crippen molar-refractivity contribution in [3.05, 3.63) is 28.8 Å². The van der Waals surface area contributed by atoms with E-state index in [1.165, 1.54) is 13.0 Å². The molecule has 0 radical (unpaired) electrons. The predicted molar refractivity (Wildman–Crippen MR) is 63.7 cm³/mol. The second-order valence-corrected chi connectivity index (χ2v) is 3.96. The molecule has 16 heavy (non-hydrogen) atoms. The number of halogens is 1. The summed E-state index contributed by atoms with van der Waals surface area (Å²) in [5.41, 5.74) is 6.27. The highest BCUT2D eigenvalue weighted by Gasteiger charge is 2.16. The number of carbonyl (C=O) groups excluding carboxylic acids is 2. The molecule has 1 aromatic rings. The van der Waals surface area contributed by atoms with Crippen LogP contribution >= 0.6 is 11.6 Å². The molecule has 0 aromatic heterocycles. The Morgan fingerprint density at radius 1 is 1.44 bits per heavy atom. The van der Waals surface area contributed by atoms with Crippen molar-refractivity contribution in [1.29, 1.82) is 0 Å². The van der Waals surface area contributed by atoms with Gasteiger partial charge < -0.3 is 11.1 Å². The zero-order chi connectivity index (χ0) is 12.3. The number of anilines is 1. The molecular formula is C11H13ClN2O2. The number of ketones is 1. The number of carbonyl (C=O) groups is 2. The van der Waals surface area contributed by atoms with Gasteiger partial charge in [0, 0.05) is 17.5 Å². The lowest BCUT2D eigenvalue weighted by Crippen LogP contribution is -2.27. The largest absolute Gasteiger partial charge is 0.326 e. The minimum atomic E-state index is -0.633. The van der Waals surface area contributed by atoms with Crippen LogP contribution in [0.1, 0.15) is 24.2 Å². The van der Waals surface area contributed by atoms with Crippen molar-refractivity contribution in [1.82, 2.24) is 0 Å². The van der Waals surface area contributed by atoms with E-state index in [4.69, 9.17) is 17.3 Å². The fraction of sp³-hybridized carbons (Fsp3) is 0.273. The Labute approximate surface area is 98.8 Å². The second kappa shape index (κ2) is 5.09. The zero-order valence-electron chi connectivity index (χ0n) is 9.08. The maximum Gasteiger partial charge on any atom is 0.221 e. The van der Waals surface area contributed by atoms with E-state index >= 15 is 0 Å². The van der Waals surface area contributed by atoms with Gasteiger partial charge in [-0.2, -0.15) is 0 Å². The van der Waals surface area contributed by atoms with E-state index in [0.717, 1.165) is 0 Å². The van der Waals surface area contributed by atoms with Crippen molar-refractivity contribution >= 4 is 29.0 Å². The van der Waals surface area contributed by atoms with Gasteiger partial charge in [-0.3, -0.25) is 9.59 Å². The summed E-state index contributed by atoms with van der Waals surface area (Å²) in [6.07, 6.45) is 0. The number of Topliss-reactive ketones (excluding diaryl/α,β-unsaturated/α-hetero) is 1. The molecule has 0 aliphatic heterocycles. The van der Waals surface area contributed by atoms with Crippen LogP contribution < -0.4 is 11.1 Å². The molecule has 1 atom stereocenters. The van der Waals surface area contributed by atoms with Crippen molar-refractivity contribution in [2.45, 2.75) is 19.9 Å². The van der Waals surface area contributed by atoms with Crippen molar-refractivity contribution < 1.29 is 9.59 Å². The summed E-state index contributed by atoms with van der Waals surface area (Å²) >= 11 is 5.80. The van der Waals surface area contributed by atoms with Crippen LogP contribution in [0.5, 0.6) is 0 Å². The number of amides is 1. The first kappa shape index (κ1) is 12.7. The number of rotatable bonds is 3. The Hall–Kier alpha value is -1.39. The standard InChI is InChI=1S/C11H13ClN2O2/c1-6(13)11(16)9-5-8(12)3-4-10(9)14-7(2)15/h3-6H,13H2,1-2H3,(H,14,15). The normalized spacial score (nSPS) is 12.0. The van der Waals surface area contributed by atoms with Crippen molar-refractivity contribution in [2.75, 3.05) is 5.32 Å². The molecule has 0 bridgehead atoms. The summed E-state index contributed by atoms with van der Waals surface area (Å²) in [6.45, 7) is 2.95. The highest BCUT2D eigenvalue weighted by atomic mass is 35.5. The van der Waals surface area contributed by atoms with Crippen LogP contribution in [0.25, 0.3) is 0 Å². The van der Waals surface area contributed by atoms with E-state index in [1.54, 1.807) is 19.1 Å². The highest BCUT2D eigenvalue weighted by Crippen LogP contribution is 2.21. The quantitative estimate of drug-likeness (QED) is 0.792. The van der Waals surface area contributed by atoms with Gasteiger partial charge in [0.1, 0.15) is 0 Å². The molecule has 3 N–H and O–H groups in total. The summed E-state index contributed by atoms with van der Waals surface area (Å²) in [7, 11) is 0. The molecule has 0 saturated carbocycles. The van der Waals surface area contributed by atoms with Crippen molar-refractivity contribution in [3.63, 3.8) is 0 Å². The van der Waals surface area contributed by atoms with Gasteiger partial charge in [-0.1, -0.05) is 11.6 Å². The van der Waals surface area contributed by atoms with Crippen LogP contribution in [0.15, 0.2) is 18.2 Å². The fourth-order valence-corrected chi connectivity index (χ4v) is 1.44. The van der Waals surface area contributed by atoms with Gasteiger partial charge in [0.15, 0.2) is 5.78 Å². The van der Waals surface area contributed by atoms with Gasteiger partial charge in [0.05, 0.1) is 11.7 Å². The number of benzene rings is 1. The number of nitrogens with two attached hydrogens (primary N) is 1. The number of hydrogen-bond donors (Lipinski definition) is 2. The maximum atomic E-state index is 11.8. The Morgan fingerprint density at radius 2 is 2.06 bits per heavy atom. The minimum absolute atomic E-state index is 0.249. The number of hydrogen-bond acceptors (Lipinski definition) is 3. The molecule has 4 nitrogen and oxygen atoms in total. The number of nitrogens with one attached hydrogen (secondary N) is 1. The average molecular weight is 241 g/mol. The molecule has 86 valence electrons. The Morgan fingerprint density at radius 3 is 2.56 bits per heavy atom. The summed E-state index contributed by atoms with van der Waals surface area (Å²) in [5.74, 6) is -0.507. The Bertz CT molecular complexity index is 430. The summed E-state index contributed by atoms with van der Waals surface area (Å²) in [4.78, 5) is 22.7. The lowest BCUT2D eigenvalue weighted by atomic mass is 10.0. The van der Waals surface area contributed by atoms with Crippen LogP contribution in [0.3, 0.4) is 0 Å². The van der Waals surface area contributed by atoms with E-state index in [2.05, 4.69) is 5.32 Å². The first-order valence-electron chi connectivity index (χ1n) is 4.78. The Kier molecular flexibility index (Phi) is 4.04. The first-order chi connectivity index (χ1) is 7.41. The molecule has 1 unspecified atom stereocenters. The molecule has 0 aliphatic carbocycles. The lowest BCUT2D eigenvalue weighted by molar-refractivity contribution is -0.114. The van der Waals surface area contributed by atoms with Crippen LogP contribution in [-0.4, -0.2) is 17.7 Å². The SMILES string of the molecule is CC(=O)Nc1ccc(Cl)cc1C(=O)C(C)N. The fourth-order valence-electron chi connectivity index (χ4n) is 1.26. The van der Waals surface area contributed by atoms with E-state index in [9.17, 15) is 9.59 Å². The minimum Gasteiger partial charge on any atom is -0.326 e. The van der Waals surface area contributed by atoms with Crippen LogP contribution in [0.4, 0.5) is 5.69 Å². The third-order valence-corrected chi connectivity index (χ3v) is 2.21. The van der Waals surface area contributed by atoms with Gasteiger partial charge in [0.2, 0.25) is 5.91 Å². The summed E-state index contributed by atoms with van der Waals surface area (Å²) in [5, 5.41) is 2.99. The molecule has 0 heterocycles. The Balaban J connectivity index is 3.17. The van der Waals surface area contributed by atoms with Crippen LogP contribution in [0, 0.1) is 0 Å². The van der Waals surface area contributed by atoms with Crippen molar-refractivity contribution in [3.8, 4) is 0 Å². The van der Waals surface area contributed by atoms with E-state index in [1.807, 2.05) is 0 Å². The van der Waals surface area contributed by atoms with E-state index in [0.29, 0.717) is 16.3 Å². The molecule has 1 rings (SSSR count). The maximum absolute atomic E-state index is 11.8. The zero-order valence-corrected chi connectivity index (χ0v) is 9.84. The summed E-state index contributed by atoms with van der Waals surface area (Å²) in [6, 6.07) is 4.05. The van der Waals surface area contributed by atoms with E-state index < -0.39 is 6.04 Å². The van der Waals surface area contributed by atoms with Crippen LogP contribution in [0.2, 0.25) is 5.02 Å². The third kappa shape index (κ3) is 3.05. The molecule has 0 aliphatic rings. The smallest absolute Gasteiger partial charge is 0.221 e. The second-order valence-electron chi connectivity index (χ2n) is 3.52. The highest BCUT2D eigenvalue weighted by molar-refractivity contribution is 6.31. The predicted octanol–water partition coefficient (Wildman–Crippen LogP) is 1.83. The molecule has 5 heteroatoms. The van der Waals surface area contributed by atoms with Gasteiger partial charge in [-0.15, -0.1) is 0 Å². The van der Waals surface area contributed by atoms with E-state index in [-0.39, 0.29) is 11.7 Å². The molecule has 1 amide bonds. The van der Waals surface area contributed by atoms with Gasteiger partial charge in [0.25, 0.3) is 0 Å². The lowest BCUT2D eigenvalue weighted by Gasteiger charge is -2.11. The summed E-state index contributed by atoms with van der Waals surface area (Å²) < 4.78 is 0. The third-order valence-electron chi connectivity index (χ3n) is 1.97. The van der Waals surface area contributed by atoms with Gasteiger partial charge >= 0.3 is 0 Å². The topological polar surface area (TPSA) is 72.2 Å². The molecule has 0 fully saturated rings.